The molecule has 2 bridgehead atoms. The lowest BCUT2D eigenvalue weighted by Crippen LogP contribution is -2.41. The Morgan fingerprint density at radius 2 is 1.89 bits per heavy atom. The van der Waals surface area contributed by atoms with Gasteiger partial charge in [0.15, 0.2) is 0 Å². The highest BCUT2D eigenvalue weighted by Gasteiger charge is 2.45. The number of aromatic nitrogens is 3. The third-order valence-electron chi connectivity index (χ3n) is 7.42. The third-order valence-corrected chi connectivity index (χ3v) is 7.42. The first kappa shape index (κ1) is 22.4. The van der Waals surface area contributed by atoms with Crippen LogP contribution in [0.1, 0.15) is 35.8 Å². The minimum Gasteiger partial charge on any atom is -0.465 e. The third kappa shape index (κ3) is 3.31. The van der Waals surface area contributed by atoms with Crippen LogP contribution in [0.4, 0.5) is 18.0 Å². The largest absolute Gasteiger partial charge is 0.465 e. The number of hydrogen-bond acceptors (Lipinski definition) is 3. The molecule has 2 aliphatic heterocycles. The van der Waals surface area contributed by atoms with Crippen LogP contribution in [0.25, 0.3) is 27.7 Å². The first-order valence-corrected chi connectivity index (χ1v) is 11.5. The molecule has 1 saturated heterocycles. The van der Waals surface area contributed by atoms with Crippen molar-refractivity contribution in [2.24, 2.45) is 7.05 Å². The summed E-state index contributed by atoms with van der Waals surface area (Å²) in [5.74, 6) is 0. The summed E-state index contributed by atoms with van der Waals surface area (Å²) in [6, 6.07) is 10.7. The van der Waals surface area contributed by atoms with Crippen LogP contribution in [-0.2, 0) is 19.6 Å². The number of fused-ring (bicyclic) bond motifs is 6. The Morgan fingerprint density at radius 3 is 2.56 bits per heavy atom. The number of nitrogens with zero attached hydrogens (tertiary/aromatic N) is 4. The van der Waals surface area contributed by atoms with Crippen molar-refractivity contribution in [1.29, 1.82) is 0 Å². The molecule has 4 aromatic rings. The quantitative estimate of drug-likeness (QED) is 0.418. The lowest BCUT2D eigenvalue weighted by atomic mass is 9.97. The average Bonchev–Trinajstić information content (AvgIpc) is 3.31. The van der Waals surface area contributed by atoms with Crippen molar-refractivity contribution >= 4 is 17.0 Å². The van der Waals surface area contributed by atoms with Crippen LogP contribution in [0.5, 0.6) is 0 Å². The minimum atomic E-state index is -4.53. The lowest BCUT2D eigenvalue weighted by Gasteiger charge is -2.33. The predicted molar refractivity (Wildman–Crippen MR) is 126 cm³/mol. The fourth-order valence-electron chi connectivity index (χ4n) is 5.76. The average molecular weight is 494 g/mol. The van der Waals surface area contributed by atoms with E-state index < -0.39 is 18.0 Å². The number of halogens is 3. The van der Waals surface area contributed by atoms with E-state index in [4.69, 9.17) is 0 Å². The summed E-state index contributed by atoms with van der Waals surface area (Å²) in [6.45, 7) is 0. The van der Waals surface area contributed by atoms with Gasteiger partial charge in [-0.05, 0) is 42.7 Å². The summed E-state index contributed by atoms with van der Waals surface area (Å²) in [4.78, 5) is 29.9. The van der Waals surface area contributed by atoms with Crippen molar-refractivity contribution in [2.75, 3.05) is 0 Å². The second-order valence-electron chi connectivity index (χ2n) is 9.32. The van der Waals surface area contributed by atoms with E-state index in [-0.39, 0.29) is 17.6 Å². The lowest BCUT2D eigenvalue weighted by molar-refractivity contribution is -0.141. The van der Waals surface area contributed by atoms with Gasteiger partial charge in [-0.1, -0.05) is 12.1 Å². The minimum absolute atomic E-state index is 0.0164. The fourth-order valence-corrected chi connectivity index (χ4v) is 5.76. The highest BCUT2D eigenvalue weighted by atomic mass is 19.4. The van der Waals surface area contributed by atoms with Crippen molar-refractivity contribution < 1.29 is 23.1 Å². The van der Waals surface area contributed by atoms with E-state index in [9.17, 15) is 27.9 Å². The number of rotatable bonds is 2. The molecule has 36 heavy (non-hydrogen) atoms. The molecular formula is C26H21F3N4O3. The van der Waals surface area contributed by atoms with Crippen molar-refractivity contribution in [2.45, 2.75) is 37.5 Å². The number of pyridine rings is 2. The molecule has 0 saturated carbocycles. The molecule has 3 aromatic heterocycles. The highest BCUT2D eigenvalue weighted by Crippen LogP contribution is 2.47. The molecule has 0 aliphatic carbocycles. The zero-order valence-electron chi connectivity index (χ0n) is 19.2. The molecular weight excluding hydrogens is 473 g/mol. The molecule has 5 heterocycles. The van der Waals surface area contributed by atoms with Crippen LogP contribution < -0.4 is 5.56 Å². The van der Waals surface area contributed by atoms with E-state index >= 15 is 0 Å². The van der Waals surface area contributed by atoms with Crippen LogP contribution in [-0.4, -0.2) is 36.3 Å². The molecule has 2 unspecified atom stereocenters. The molecule has 1 N–H and O–H groups in total. The van der Waals surface area contributed by atoms with Gasteiger partial charge < -0.3 is 9.67 Å². The first-order valence-electron chi connectivity index (χ1n) is 11.5. The van der Waals surface area contributed by atoms with Gasteiger partial charge in [0.2, 0.25) is 0 Å². The molecule has 1 aromatic carbocycles. The molecule has 2 atom stereocenters. The van der Waals surface area contributed by atoms with Gasteiger partial charge in [-0.3, -0.25) is 19.2 Å². The van der Waals surface area contributed by atoms with Gasteiger partial charge >= 0.3 is 12.3 Å². The molecule has 2 aliphatic rings. The van der Waals surface area contributed by atoms with Gasteiger partial charge in [-0.25, -0.2) is 4.79 Å². The molecule has 0 radical (unpaired) electrons. The molecule has 10 heteroatoms. The first-order chi connectivity index (χ1) is 17.1. The van der Waals surface area contributed by atoms with Crippen molar-refractivity contribution in [1.82, 2.24) is 19.0 Å². The van der Waals surface area contributed by atoms with Gasteiger partial charge in [0.1, 0.15) is 5.69 Å². The maximum Gasteiger partial charge on any atom is 0.433 e. The summed E-state index contributed by atoms with van der Waals surface area (Å²) < 4.78 is 41.9. The number of carbonyl (C=O) groups is 1. The van der Waals surface area contributed by atoms with Crippen LogP contribution >= 0.6 is 0 Å². The normalized spacial score (nSPS) is 19.1. The van der Waals surface area contributed by atoms with Crippen LogP contribution in [0.15, 0.2) is 59.7 Å². The van der Waals surface area contributed by atoms with E-state index in [0.29, 0.717) is 23.2 Å². The Labute approximate surface area is 203 Å². The Hall–Kier alpha value is -4.08. The SMILES string of the molecule is Cn1c2c(c3ccc(-n4ccc(-c5ccc(C(F)(F)F)nc5)cc4=O)cc31)C1CCC(C2)N1C(=O)O. The van der Waals surface area contributed by atoms with E-state index in [1.54, 1.807) is 17.2 Å². The predicted octanol–water partition coefficient (Wildman–Crippen LogP) is 5.15. The molecule has 0 spiro atoms. The topological polar surface area (TPSA) is 80.4 Å². The van der Waals surface area contributed by atoms with Gasteiger partial charge in [0, 0.05) is 60.2 Å². The zero-order valence-corrected chi connectivity index (χ0v) is 19.2. The second-order valence-corrected chi connectivity index (χ2v) is 9.32. The van der Waals surface area contributed by atoms with Crippen molar-refractivity contribution in [3.63, 3.8) is 0 Å². The monoisotopic (exact) mass is 494 g/mol. The number of aryl methyl sites for hydroxylation is 1. The Bertz CT molecular complexity index is 1590. The summed E-state index contributed by atoms with van der Waals surface area (Å²) >= 11 is 0. The second kappa shape index (κ2) is 7.71. The maximum absolute atomic E-state index is 13.0. The number of carboxylic acid groups (broad SMARTS) is 1. The van der Waals surface area contributed by atoms with Crippen LogP contribution in [0.3, 0.4) is 0 Å². The standard InChI is InChI=1S/C26H21F3N4O3/c1-31-20-11-16(3-5-18(20)24-19-6-4-17(12-21(24)31)33(19)25(35)36)32-9-8-14(10-23(32)34)15-2-7-22(30-13-15)26(27,28)29/h2-3,5,7-11,13,17,19H,4,6,12H2,1H3,(H,35,36). The van der Waals surface area contributed by atoms with Crippen molar-refractivity contribution in [3.05, 3.63) is 82.2 Å². The van der Waals surface area contributed by atoms with E-state index in [2.05, 4.69) is 9.55 Å². The smallest absolute Gasteiger partial charge is 0.433 e. The molecule has 1 fully saturated rings. The molecule has 7 nitrogen and oxygen atoms in total. The summed E-state index contributed by atoms with van der Waals surface area (Å²) in [6.07, 6.45) is -0.413. The summed E-state index contributed by atoms with van der Waals surface area (Å²) in [7, 11) is 1.96. The van der Waals surface area contributed by atoms with Crippen molar-refractivity contribution in [3.8, 4) is 16.8 Å². The molecule has 6 rings (SSSR count). The van der Waals surface area contributed by atoms with Crippen LogP contribution in [0, 0.1) is 0 Å². The molecule has 1 amide bonds. The van der Waals surface area contributed by atoms with Gasteiger partial charge in [0.25, 0.3) is 5.56 Å². The maximum atomic E-state index is 13.0. The van der Waals surface area contributed by atoms with E-state index in [0.717, 1.165) is 47.3 Å². The van der Waals surface area contributed by atoms with Gasteiger partial charge in [-0.15, -0.1) is 0 Å². The van der Waals surface area contributed by atoms with Gasteiger partial charge in [-0.2, -0.15) is 13.2 Å². The fraction of sp³-hybridized carbons (Fsp3) is 0.269. The number of alkyl halides is 3. The zero-order chi connectivity index (χ0) is 25.4. The van der Waals surface area contributed by atoms with E-state index in [1.165, 1.54) is 16.7 Å². The molecule has 184 valence electrons. The van der Waals surface area contributed by atoms with Crippen LogP contribution in [0.2, 0.25) is 0 Å². The number of amides is 1. The Balaban J connectivity index is 1.38. The highest BCUT2D eigenvalue weighted by molar-refractivity contribution is 5.89. The summed E-state index contributed by atoms with van der Waals surface area (Å²) in [5.41, 5.74) is 3.30. The Kier molecular flexibility index (Phi) is 4.79. The van der Waals surface area contributed by atoms with Gasteiger partial charge in [0.05, 0.1) is 17.2 Å². The van der Waals surface area contributed by atoms with E-state index in [1.807, 2.05) is 25.2 Å². The Morgan fingerprint density at radius 1 is 1.08 bits per heavy atom. The number of hydrogen-bond donors (Lipinski definition) is 1. The summed E-state index contributed by atoms with van der Waals surface area (Å²) in [5, 5.41) is 10.7. The number of benzene rings is 1.